The van der Waals surface area contributed by atoms with E-state index in [0.717, 1.165) is 25.9 Å². The number of carbonyl (C=O) groups is 1. The summed E-state index contributed by atoms with van der Waals surface area (Å²) in [5.74, 6) is 0. The highest BCUT2D eigenvalue weighted by Crippen LogP contribution is 2.29. The van der Waals surface area contributed by atoms with E-state index in [1.165, 1.54) is 12.8 Å². The molecule has 2 N–H and O–H groups in total. The summed E-state index contributed by atoms with van der Waals surface area (Å²) in [5, 5.41) is 5.78. The molecule has 8 heteroatoms. The zero-order valence-electron chi connectivity index (χ0n) is 9.79. The number of alkyl halides is 3. The molecule has 0 spiro atoms. The van der Waals surface area contributed by atoms with Gasteiger partial charge in [-0.1, -0.05) is 47.6 Å². The number of hydrogen-bond acceptors (Lipinski definition) is 2. The second-order valence-electron chi connectivity index (χ2n) is 4.11. The number of carbonyl (C=O) groups excluding carboxylic acids is 1. The normalized spacial score (nSPS) is 18.7. The van der Waals surface area contributed by atoms with E-state index in [0.29, 0.717) is 11.5 Å². The van der Waals surface area contributed by atoms with Crippen LogP contribution in [0.1, 0.15) is 25.7 Å². The smallest absolute Gasteiger partial charge is 0.228 e. The Bertz CT molecular complexity index is 291. The fourth-order valence-electron chi connectivity index (χ4n) is 1.77. The molecular formula is C10H16Cl3N3OS. The van der Waals surface area contributed by atoms with Crippen LogP contribution in [0.15, 0.2) is 0 Å². The van der Waals surface area contributed by atoms with Crippen molar-refractivity contribution in [2.24, 2.45) is 0 Å². The molecule has 0 radical (unpaired) electrons. The topological polar surface area (TPSA) is 44.4 Å². The maximum Gasteiger partial charge on any atom is 0.228 e. The molecule has 4 nitrogen and oxygen atoms in total. The summed E-state index contributed by atoms with van der Waals surface area (Å²) in [7, 11) is 0. The molecule has 0 bridgehead atoms. The molecule has 0 saturated carbocycles. The minimum Gasteiger partial charge on any atom is -0.349 e. The molecule has 1 unspecified atom stereocenters. The fraction of sp³-hybridized carbons (Fsp3) is 0.800. The summed E-state index contributed by atoms with van der Waals surface area (Å²) in [5.41, 5.74) is 0. The number of nitrogens with one attached hydrogen (secondary N) is 2. The van der Waals surface area contributed by atoms with Gasteiger partial charge in [-0.25, -0.2) is 0 Å². The minimum atomic E-state index is -1.66. The van der Waals surface area contributed by atoms with Gasteiger partial charge in [-0.05, 0) is 25.1 Å². The second kappa shape index (κ2) is 7.58. The minimum absolute atomic E-state index is 0.477. The Kier molecular flexibility index (Phi) is 6.77. The highest BCUT2D eigenvalue weighted by molar-refractivity contribution is 7.80. The molecule has 1 fully saturated rings. The summed E-state index contributed by atoms with van der Waals surface area (Å²) >= 11 is 22.6. The lowest BCUT2D eigenvalue weighted by Crippen LogP contribution is -2.56. The molecule has 104 valence electrons. The van der Waals surface area contributed by atoms with Crippen LogP contribution in [0.3, 0.4) is 0 Å². The first kappa shape index (κ1) is 16.1. The largest absolute Gasteiger partial charge is 0.349 e. The monoisotopic (exact) mass is 331 g/mol. The lowest BCUT2D eigenvalue weighted by molar-refractivity contribution is -0.110. The lowest BCUT2D eigenvalue weighted by Gasteiger charge is -2.30. The van der Waals surface area contributed by atoms with Crippen LogP contribution in [-0.4, -0.2) is 39.5 Å². The van der Waals surface area contributed by atoms with E-state index in [2.05, 4.69) is 10.6 Å². The standard InChI is InChI=1S/C10H16Cl3N3OS/c11-10(12,13)8(14-7-17)15-9(18)16-5-3-1-2-4-6-16/h7-8H,1-6H2,(H,14,17)(H,15,18). The van der Waals surface area contributed by atoms with Crippen LogP contribution in [-0.2, 0) is 4.79 Å². The predicted octanol–water partition coefficient (Wildman–Crippen LogP) is 2.18. The number of nitrogens with zero attached hydrogens (tertiary/aromatic N) is 1. The maximum atomic E-state index is 10.5. The first-order valence-corrected chi connectivity index (χ1v) is 7.31. The van der Waals surface area contributed by atoms with Crippen LogP contribution in [0, 0.1) is 0 Å². The molecule has 0 aromatic heterocycles. The van der Waals surface area contributed by atoms with Gasteiger partial charge in [0.2, 0.25) is 10.2 Å². The SMILES string of the molecule is O=CNC(NC(=S)N1CCCCCC1)C(Cl)(Cl)Cl. The molecular weight excluding hydrogens is 317 g/mol. The van der Waals surface area contributed by atoms with E-state index in [4.69, 9.17) is 47.0 Å². The average molecular weight is 333 g/mol. The zero-order chi connectivity index (χ0) is 13.6. The highest BCUT2D eigenvalue weighted by Gasteiger charge is 2.33. The van der Waals surface area contributed by atoms with E-state index < -0.39 is 9.96 Å². The van der Waals surface area contributed by atoms with E-state index in [9.17, 15) is 4.79 Å². The number of likely N-dealkylation sites (tertiary alicyclic amines) is 1. The van der Waals surface area contributed by atoms with Crippen LogP contribution >= 0.6 is 47.0 Å². The Balaban J connectivity index is 2.56. The van der Waals surface area contributed by atoms with Gasteiger partial charge in [-0.2, -0.15) is 0 Å². The molecule has 1 rings (SSSR count). The van der Waals surface area contributed by atoms with Crippen molar-refractivity contribution in [1.29, 1.82) is 0 Å². The lowest BCUT2D eigenvalue weighted by atomic mass is 10.2. The Morgan fingerprint density at radius 2 is 1.78 bits per heavy atom. The molecule has 0 aromatic rings. The number of halogens is 3. The molecule has 18 heavy (non-hydrogen) atoms. The number of thiocarbonyl (C=S) groups is 1. The molecule has 1 aliphatic heterocycles. The van der Waals surface area contributed by atoms with Gasteiger partial charge < -0.3 is 15.5 Å². The van der Waals surface area contributed by atoms with Gasteiger partial charge >= 0.3 is 0 Å². The first-order valence-electron chi connectivity index (χ1n) is 5.77. The summed E-state index contributed by atoms with van der Waals surface area (Å²) in [6, 6.07) is 0. The van der Waals surface area contributed by atoms with Crippen molar-refractivity contribution in [3.05, 3.63) is 0 Å². The number of amides is 1. The summed E-state index contributed by atoms with van der Waals surface area (Å²) < 4.78 is -1.66. The van der Waals surface area contributed by atoms with Crippen LogP contribution in [0.4, 0.5) is 0 Å². The van der Waals surface area contributed by atoms with Gasteiger partial charge in [-0.3, -0.25) is 4.79 Å². The first-order chi connectivity index (χ1) is 8.45. The third-order valence-corrected chi connectivity index (χ3v) is 3.75. The van der Waals surface area contributed by atoms with Crippen molar-refractivity contribution in [2.45, 2.75) is 35.6 Å². The fourth-order valence-corrected chi connectivity index (χ4v) is 2.43. The van der Waals surface area contributed by atoms with Crippen LogP contribution in [0.5, 0.6) is 0 Å². The zero-order valence-corrected chi connectivity index (χ0v) is 12.9. The van der Waals surface area contributed by atoms with Crippen molar-refractivity contribution < 1.29 is 4.79 Å². The molecule has 1 saturated heterocycles. The van der Waals surface area contributed by atoms with Crippen LogP contribution in [0.25, 0.3) is 0 Å². The van der Waals surface area contributed by atoms with Crippen molar-refractivity contribution >= 4 is 58.5 Å². The molecule has 1 amide bonds. The molecule has 0 aromatic carbocycles. The highest BCUT2D eigenvalue weighted by atomic mass is 35.6. The van der Waals surface area contributed by atoms with Gasteiger partial charge in [0.1, 0.15) is 6.17 Å². The number of rotatable bonds is 3. The number of hydrogen-bond donors (Lipinski definition) is 2. The van der Waals surface area contributed by atoms with Crippen molar-refractivity contribution in [2.75, 3.05) is 13.1 Å². The van der Waals surface area contributed by atoms with E-state index in [1.54, 1.807) is 0 Å². The maximum absolute atomic E-state index is 10.5. The quantitative estimate of drug-likeness (QED) is 0.360. The Labute approximate surface area is 127 Å². The van der Waals surface area contributed by atoms with E-state index in [-0.39, 0.29) is 0 Å². The van der Waals surface area contributed by atoms with Crippen molar-refractivity contribution in [3.63, 3.8) is 0 Å². The van der Waals surface area contributed by atoms with Crippen molar-refractivity contribution in [1.82, 2.24) is 15.5 Å². The van der Waals surface area contributed by atoms with Gasteiger partial charge in [0.05, 0.1) is 0 Å². The molecule has 1 atom stereocenters. The Morgan fingerprint density at radius 1 is 1.22 bits per heavy atom. The van der Waals surface area contributed by atoms with Gasteiger partial charge in [0, 0.05) is 13.1 Å². The molecule has 1 aliphatic rings. The van der Waals surface area contributed by atoms with Gasteiger partial charge in [0.25, 0.3) is 0 Å². The van der Waals surface area contributed by atoms with E-state index in [1.807, 2.05) is 4.90 Å². The summed E-state index contributed by atoms with van der Waals surface area (Å²) in [4.78, 5) is 12.5. The Hall–Kier alpha value is 0.0300. The van der Waals surface area contributed by atoms with Crippen molar-refractivity contribution in [3.8, 4) is 0 Å². The summed E-state index contributed by atoms with van der Waals surface area (Å²) in [6.45, 7) is 1.78. The second-order valence-corrected chi connectivity index (χ2v) is 6.87. The molecule has 1 heterocycles. The summed E-state index contributed by atoms with van der Waals surface area (Å²) in [6.07, 6.45) is 4.25. The average Bonchev–Trinajstić information content (AvgIpc) is 2.55. The predicted molar refractivity (Wildman–Crippen MR) is 79.1 cm³/mol. The van der Waals surface area contributed by atoms with Gasteiger partial charge in [-0.15, -0.1) is 0 Å². The van der Waals surface area contributed by atoms with E-state index >= 15 is 0 Å². The third kappa shape index (κ3) is 5.34. The van der Waals surface area contributed by atoms with Gasteiger partial charge in [0.15, 0.2) is 5.11 Å². The molecule has 0 aliphatic carbocycles. The van der Waals surface area contributed by atoms with Crippen LogP contribution < -0.4 is 10.6 Å². The third-order valence-electron chi connectivity index (χ3n) is 2.72. The Morgan fingerprint density at radius 3 is 2.22 bits per heavy atom. The van der Waals surface area contributed by atoms with Crippen LogP contribution in [0.2, 0.25) is 0 Å².